The van der Waals surface area contributed by atoms with Gasteiger partial charge in [0.25, 0.3) is 0 Å². The topological polar surface area (TPSA) is 92.7 Å². The predicted molar refractivity (Wildman–Crippen MR) is 70.5 cm³/mol. The number of hydrogen-bond acceptors (Lipinski definition) is 5. The summed E-state index contributed by atoms with van der Waals surface area (Å²) in [7, 11) is -7.78. The second-order valence-corrected chi connectivity index (χ2v) is 7.83. The lowest BCUT2D eigenvalue weighted by Crippen LogP contribution is -2.75. The van der Waals surface area contributed by atoms with Crippen molar-refractivity contribution in [3.8, 4) is 0 Å². The Morgan fingerprint density at radius 3 is 1.23 bits per heavy atom. The van der Waals surface area contributed by atoms with Crippen LogP contribution in [0.4, 0.5) is 74.6 Å². The van der Waals surface area contributed by atoms with Crippen LogP contribution in [0.15, 0.2) is 0 Å². The first-order chi connectivity index (χ1) is 14.8. The Bertz CT molecular complexity index is 910. The van der Waals surface area contributed by atoms with Crippen molar-refractivity contribution < 1.29 is 97.8 Å². The van der Waals surface area contributed by atoms with Crippen LogP contribution in [0.3, 0.4) is 0 Å². The van der Waals surface area contributed by atoms with Gasteiger partial charge in [0.1, 0.15) is 0 Å². The Morgan fingerprint density at radius 1 is 0.657 bits per heavy atom. The molecule has 1 atom stereocenters. The van der Waals surface area contributed by atoms with Crippen LogP contribution < -0.4 is 4.89 Å². The molecule has 210 valence electrons. The summed E-state index contributed by atoms with van der Waals surface area (Å²) in [5.74, 6) is -54.8. The molecular weight excluding hydrogens is 581 g/mol. The fourth-order valence-electron chi connectivity index (χ4n) is 1.55. The molecule has 0 rings (SSSR count). The second kappa shape index (κ2) is 8.62. The fourth-order valence-corrected chi connectivity index (χ4v) is 2.31. The first-order valence-electron chi connectivity index (χ1n) is 7.44. The summed E-state index contributed by atoms with van der Waals surface area (Å²) in [4.78, 5) is 13.3. The molecule has 0 aromatic rings. The highest BCUT2D eigenvalue weighted by molar-refractivity contribution is 7.90. The number of sulfonamides is 1. The summed E-state index contributed by atoms with van der Waals surface area (Å²) in [6.45, 7) is 0.372. The molecule has 1 unspecified atom stereocenters. The van der Waals surface area contributed by atoms with Gasteiger partial charge in [-0.25, -0.2) is 13.2 Å². The van der Waals surface area contributed by atoms with Crippen molar-refractivity contribution in [2.45, 2.75) is 60.0 Å². The molecule has 0 aromatic carbocycles. The Morgan fingerprint density at radius 2 is 0.943 bits per heavy atom. The van der Waals surface area contributed by atoms with E-state index in [2.05, 4.69) is 4.84 Å². The zero-order valence-electron chi connectivity index (χ0n) is 15.5. The number of hydrogen-bond donors (Lipinski definition) is 2. The number of aliphatic hydroxyl groups is 1. The monoisotopic (exact) mass is 587 g/mol. The Balaban J connectivity index is 6.77. The molecule has 0 bridgehead atoms. The van der Waals surface area contributed by atoms with E-state index in [0.29, 0.717) is 6.92 Å². The molecular formula is C11H6F17NO5S. The van der Waals surface area contributed by atoms with E-state index in [0.717, 1.165) is 0 Å². The molecule has 35 heavy (non-hydrogen) atoms. The summed E-state index contributed by atoms with van der Waals surface area (Å²) in [5.41, 5.74) is 0. The molecule has 0 radical (unpaired) electrons. The summed E-state index contributed by atoms with van der Waals surface area (Å²) < 4.78 is 244. The second-order valence-electron chi connectivity index (χ2n) is 6.14. The maximum atomic E-state index is 13.5. The lowest BCUT2D eigenvalue weighted by molar-refractivity contribution is -0.458. The van der Waals surface area contributed by atoms with E-state index < -0.39 is 73.9 Å². The van der Waals surface area contributed by atoms with Gasteiger partial charge in [0.2, 0.25) is 0 Å². The van der Waals surface area contributed by atoms with Crippen molar-refractivity contribution in [1.29, 1.82) is 0 Å². The molecule has 0 heterocycles. The average molecular weight is 587 g/mol. The molecule has 0 aliphatic heterocycles. The summed E-state index contributed by atoms with van der Waals surface area (Å²) >= 11 is 0. The first kappa shape index (κ1) is 33.1. The van der Waals surface area contributed by atoms with Crippen molar-refractivity contribution in [3.05, 3.63) is 0 Å². The van der Waals surface area contributed by atoms with Crippen LogP contribution in [0.1, 0.15) is 6.92 Å². The lowest BCUT2D eigenvalue weighted by Gasteiger charge is -2.42. The van der Waals surface area contributed by atoms with Crippen molar-refractivity contribution in [1.82, 2.24) is 4.89 Å². The third-order valence-corrected chi connectivity index (χ3v) is 4.86. The number of rotatable bonds is 10. The van der Waals surface area contributed by atoms with Crippen LogP contribution >= 0.6 is 0 Å². The Labute approximate surface area is 180 Å². The van der Waals surface area contributed by atoms with E-state index in [4.69, 9.17) is 5.11 Å². The molecule has 24 heteroatoms. The molecule has 0 aliphatic rings. The minimum absolute atomic E-state index is 0.372. The maximum Gasteiger partial charge on any atom is 0.460 e. The van der Waals surface area contributed by atoms with Gasteiger partial charge in [0.15, 0.2) is 6.10 Å². The normalized spacial score (nSPS) is 16.8. The zero-order valence-corrected chi connectivity index (χ0v) is 16.3. The van der Waals surface area contributed by atoms with Gasteiger partial charge in [-0.15, -0.1) is 0 Å². The standard InChI is InChI=1S/C11H6F17NO5S/c1-2(30)3(31)34-29-35(32,33)11(27,28)9(22,23)7(18,19)5(14,15)4(12,13)6(16,17)8(20,21)10(24,25)26/h2,29-30H,1H3. The molecule has 6 nitrogen and oxygen atoms in total. The zero-order chi connectivity index (χ0) is 29.1. The molecule has 0 fully saturated rings. The van der Waals surface area contributed by atoms with Gasteiger partial charge >= 0.3 is 63.0 Å². The van der Waals surface area contributed by atoms with Crippen molar-refractivity contribution in [2.75, 3.05) is 0 Å². The van der Waals surface area contributed by atoms with Gasteiger partial charge in [-0.1, -0.05) is 0 Å². The molecule has 0 aromatic heterocycles. The van der Waals surface area contributed by atoms with Crippen LogP contribution in [-0.2, 0) is 19.7 Å². The summed E-state index contributed by atoms with van der Waals surface area (Å²) in [6, 6.07) is 0. The molecule has 0 aliphatic carbocycles. The average Bonchev–Trinajstić information content (AvgIpc) is 2.63. The number of carbonyl (C=O) groups is 1. The number of aliphatic hydroxyl groups excluding tert-OH is 1. The first-order valence-corrected chi connectivity index (χ1v) is 8.92. The largest absolute Gasteiger partial charge is 0.460 e. The van der Waals surface area contributed by atoms with Gasteiger partial charge in [-0.05, 0) is 11.8 Å². The third-order valence-electron chi connectivity index (χ3n) is 3.62. The fraction of sp³-hybridized carbons (Fsp3) is 0.909. The highest BCUT2D eigenvalue weighted by Gasteiger charge is 2.96. The number of carbonyl (C=O) groups excluding carboxylic acids is 1. The lowest BCUT2D eigenvalue weighted by atomic mass is 9.91. The van der Waals surface area contributed by atoms with E-state index in [1.165, 1.54) is 0 Å². The van der Waals surface area contributed by atoms with Crippen molar-refractivity contribution in [2.24, 2.45) is 0 Å². The minimum Gasteiger partial charge on any atom is -0.382 e. The quantitative estimate of drug-likeness (QED) is 0.301. The van der Waals surface area contributed by atoms with Gasteiger partial charge in [-0.2, -0.15) is 74.6 Å². The SMILES string of the molecule is CC(O)C(=O)ONS(=O)(=O)C(F)(F)C(F)(F)C(F)(F)C(F)(F)C(F)(F)C(F)(F)C(F)(F)C(F)(F)F. The third kappa shape index (κ3) is 4.55. The molecule has 2 N–H and O–H groups in total. The van der Waals surface area contributed by atoms with E-state index in [1.807, 2.05) is 0 Å². The minimum atomic E-state index is -8.98. The highest BCUT2D eigenvalue weighted by Crippen LogP contribution is 2.64. The summed E-state index contributed by atoms with van der Waals surface area (Å²) in [6.07, 6.45) is -10.4. The van der Waals surface area contributed by atoms with E-state index in [1.54, 1.807) is 0 Å². The van der Waals surface area contributed by atoms with Crippen LogP contribution in [0.2, 0.25) is 0 Å². The molecule has 0 saturated heterocycles. The number of halogens is 17. The number of alkyl halides is 17. The molecule has 0 spiro atoms. The van der Waals surface area contributed by atoms with Gasteiger partial charge in [0, 0.05) is 0 Å². The Kier molecular flexibility index (Phi) is 8.17. The smallest absolute Gasteiger partial charge is 0.382 e. The number of nitrogens with one attached hydrogen (secondary N) is 1. The van der Waals surface area contributed by atoms with Crippen molar-refractivity contribution >= 4 is 16.0 Å². The van der Waals surface area contributed by atoms with Gasteiger partial charge < -0.3 is 9.94 Å². The summed E-state index contributed by atoms with van der Waals surface area (Å²) in [5, 5.41) is 0.660. The van der Waals surface area contributed by atoms with Crippen LogP contribution in [0.25, 0.3) is 0 Å². The van der Waals surface area contributed by atoms with Gasteiger partial charge in [0.05, 0.1) is 0 Å². The van der Waals surface area contributed by atoms with Crippen LogP contribution in [-0.4, -0.2) is 72.6 Å². The predicted octanol–water partition coefficient (Wildman–Crippen LogP) is 3.71. The molecule has 0 saturated carbocycles. The molecule has 0 amide bonds. The van der Waals surface area contributed by atoms with Crippen molar-refractivity contribution in [3.63, 3.8) is 0 Å². The van der Waals surface area contributed by atoms with E-state index in [-0.39, 0.29) is 0 Å². The van der Waals surface area contributed by atoms with Crippen LogP contribution in [0.5, 0.6) is 0 Å². The highest BCUT2D eigenvalue weighted by atomic mass is 32.2. The van der Waals surface area contributed by atoms with Crippen LogP contribution in [0, 0.1) is 0 Å². The maximum absolute atomic E-state index is 13.5. The van der Waals surface area contributed by atoms with E-state index >= 15 is 0 Å². The van der Waals surface area contributed by atoms with E-state index in [9.17, 15) is 87.8 Å². The van der Waals surface area contributed by atoms with Gasteiger partial charge in [-0.3, -0.25) is 0 Å². The Hall–Kier alpha value is -1.85.